The van der Waals surface area contributed by atoms with Gasteiger partial charge in [0.1, 0.15) is 0 Å². The van der Waals surface area contributed by atoms with Crippen LogP contribution in [0, 0.1) is 11.8 Å². The monoisotopic (exact) mass is 264 g/mol. The molecule has 0 heterocycles. The van der Waals surface area contributed by atoms with Gasteiger partial charge in [-0.3, -0.25) is 0 Å². The molecule has 0 aliphatic heterocycles. The molecule has 0 saturated heterocycles. The predicted octanol–water partition coefficient (Wildman–Crippen LogP) is 4.94. The molecule has 19 heavy (non-hydrogen) atoms. The lowest BCUT2D eigenvalue weighted by Gasteiger charge is -2.01. The van der Waals surface area contributed by atoms with E-state index in [1.807, 2.05) is 0 Å². The van der Waals surface area contributed by atoms with Gasteiger partial charge in [0.05, 0.1) is 0 Å². The minimum atomic E-state index is -0.860. The summed E-state index contributed by atoms with van der Waals surface area (Å²) in [6.07, 6.45) is 12.0. The Morgan fingerprint density at radius 1 is 0.947 bits per heavy atom. The Hall–Kier alpha value is -1.23. The number of hydrogen-bond acceptors (Lipinski definition) is 1. The van der Waals surface area contributed by atoms with Crippen LogP contribution in [0.15, 0.2) is 12.2 Å². The molecular weight excluding hydrogens is 236 g/mol. The lowest BCUT2D eigenvalue weighted by molar-refractivity contribution is -0.132. The van der Waals surface area contributed by atoms with Crippen LogP contribution in [0.5, 0.6) is 0 Å². The van der Waals surface area contributed by atoms with E-state index in [1.165, 1.54) is 38.5 Å². The maximum Gasteiger partial charge on any atom is 0.330 e. The third-order valence-corrected chi connectivity index (χ3v) is 3.11. The Bertz CT molecular complexity index is 307. The molecule has 108 valence electrons. The molecule has 0 aromatic carbocycles. The van der Waals surface area contributed by atoms with Crippen LogP contribution in [0.1, 0.15) is 77.6 Å². The fourth-order valence-corrected chi connectivity index (χ4v) is 1.81. The summed E-state index contributed by atoms with van der Waals surface area (Å²) in [5.74, 6) is 5.57. The van der Waals surface area contributed by atoms with Crippen LogP contribution in [-0.4, -0.2) is 11.1 Å². The van der Waals surface area contributed by atoms with E-state index in [4.69, 9.17) is 5.11 Å². The summed E-state index contributed by atoms with van der Waals surface area (Å²) in [4.78, 5) is 10.5. The predicted molar refractivity (Wildman–Crippen MR) is 81.0 cm³/mol. The highest BCUT2D eigenvalue weighted by molar-refractivity contribution is 5.85. The summed E-state index contributed by atoms with van der Waals surface area (Å²) in [6, 6.07) is 0. The van der Waals surface area contributed by atoms with Gasteiger partial charge in [-0.15, -0.1) is 11.8 Å². The van der Waals surface area contributed by atoms with Gasteiger partial charge in [0.25, 0.3) is 0 Å². The molecular formula is C17H28O2. The molecule has 0 atom stereocenters. The Morgan fingerprint density at radius 3 is 2.05 bits per heavy atom. The minimum absolute atomic E-state index is 0.336. The number of carboxylic acids is 1. The summed E-state index contributed by atoms with van der Waals surface area (Å²) in [5.41, 5.74) is 0.336. The number of unbranched alkanes of at least 4 members (excludes halogenated alkanes) is 8. The number of carbonyl (C=O) groups is 1. The first-order valence-corrected chi connectivity index (χ1v) is 7.55. The van der Waals surface area contributed by atoms with Crippen LogP contribution in [0.2, 0.25) is 0 Å². The van der Waals surface area contributed by atoms with Crippen molar-refractivity contribution in [3.8, 4) is 11.8 Å². The number of aliphatic carboxylic acids is 1. The molecule has 0 aromatic heterocycles. The van der Waals surface area contributed by atoms with Crippen LogP contribution in [-0.2, 0) is 4.79 Å². The standard InChI is InChI=1S/C17H28O2/c1-3-4-5-6-7-8-9-10-11-12-13-14-15-16(2)17(18)19/h2-5,8-15H2,1H3,(H,18,19). The highest BCUT2D eigenvalue weighted by atomic mass is 16.4. The van der Waals surface area contributed by atoms with Crippen LogP contribution >= 0.6 is 0 Å². The molecule has 1 N–H and O–H groups in total. The van der Waals surface area contributed by atoms with Gasteiger partial charge in [-0.2, -0.15) is 0 Å². The van der Waals surface area contributed by atoms with E-state index in [0.717, 1.165) is 25.7 Å². The largest absolute Gasteiger partial charge is 0.478 e. The van der Waals surface area contributed by atoms with Gasteiger partial charge in [0, 0.05) is 18.4 Å². The molecule has 0 fully saturated rings. The summed E-state index contributed by atoms with van der Waals surface area (Å²) in [7, 11) is 0. The second-order valence-electron chi connectivity index (χ2n) is 4.99. The molecule has 0 spiro atoms. The zero-order valence-corrected chi connectivity index (χ0v) is 12.3. The van der Waals surface area contributed by atoms with Crippen LogP contribution < -0.4 is 0 Å². The van der Waals surface area contributed by atoms with E-state index in [-0.39, 0.29) is 0 Å². The van der Waals surface area contributed by atoms with E-state index in [1.54, 1.807) is 0 Å². The smallest absolute Gasteiger partial charge is 0.330 e. The first-order chi connectivity index (χ1) is 9.18. The molecule has 0 unspecified atom stereocenters. The van der Waals surface area contributed by atoms with Gasteiger partial charge in [0.2, 0.25) is 0 Å². The van der Waals surface area contributed by atoms with Crippen molar-refractivity contribution < 1.29 is 9.90 Å². The van der Waals surface area contributed by atoms with Gasteiger partial charge < -0.3 is 5.11 Å². The van der Waals surface area contributed by atoms with E-state index in [0.29, 0.717) is 12.0 Å². The minimum Gasteiger partial charge on any atom is -0.478 e. The molecule has 0 aliphatic rings. The second-order valence-corrected chi connectivity index (χ2v) is 4.99. The topological polar surface area (TPSA) is 37.3 Å². The zero-order chi connectivity index (χ0) is 14.3. The van der Waals surface area contributed by atoms with Gasteiger partial charge in [-0.05, 0) is 25.7 Å². The summed E-state index contributed by atoms with van der Waals surface area (Å²) in [6.45, 7) is 5.72. The van der Waals surface area contributed by atoms with Crippen molar-refractivity contribution >= 4 is 5.97 Å². The van der Waals surface area contributed by atoms with E-state index >= 15 is 0 Å². The first kappa shape index (κ1) is 17.8. The second kappa shape index (κ2) is 13.2. The molecule has 0 radical (unpaired) electrons. The number of rotatable bonds is 11. The maximum atomic E-state index is 10.5. The lowest BCUT2D eigenvalue weighted by Crippen LogP contribution is -1.98. The normalized spacial score (nSPS) is 9.74. The van der Waals surface area contributed by atoms with Crippen molar-refractivity contribution in [2.24, 2.45) is 0 Å². The Balaban J connectivity index is 3.20. The SMILES string of the molecule is C=C(CCCCCCCCC#CCCCC)C(=O)O. The van der Waals surface area contributed by atoms with Gasteiger partial charge in [0.15, 0.2) is 0 Å². The third kappa shape index (κ3) is 13.0. The van der Waals surface area contributed by atoms with Crippen molar-refractivity contribution in [2.75, 3.05) is 0 Å². The van der Waals surface area contributed by atoms with Crippen molar-refractivity contribution in [1.82, 2.24) is 0 Å². The third-order valence-electron chi connectivity index (χ3n) is 3.11. The van der Waals surface area contributed by atoms with Gasteiger partial charge >= 0.3 is 5.97 Å². The average molecular weight is 264 g/mol. The average Bonchev–Trinajstić information content (AvgIpc) is 2.39. The van der Waals surface area contributed by atoms with Gasteiger partial charge in [-0.25, -0.2) is 4.79 Å². The summed E-state index contributed by atoms with van der Waals surface area (Å²) >= 11 is 0. The Morgan fingerprint density at radius 2 is 1.47 bits per heavy atom. The molecule has 2 heteroatoms. The molecule has 0 rings (SSSR count). The molecule has 0 amide bonds. The number of carboxylic acid groups (broad SMARTS) is 1. The molecule has 0 aliphatic carbocycles. The first-order valence-electron chi connectivity index (χ1n) is 7.55. The number of hydrogen-bond donors (Lipinski definition) is 1. The highest BCUT2D eigenvalue weighted by Crippen LogP contribution is 2.11. The summed E-state index contributed by atoms with van der Waals surface area (Å²) < 4.78 is 0. The molecule has 0 saturated carbocycles. The van der Waals surface area contributed by atoms with Crippen LogP contribution in [0.4, 0.5) is 0 Å². The maximum absolute atomic E-state index is 10.5. The fourth-order valence-electron chi connectivity index (χ4n) is 1.81. The zero-order valence-electron chi connectivity index (χ0n) is 12.3. The molecule has 0 bridgehead atoms. The summed E-state index contributed by atoms with van der Waals surface area (Å²) in [5, 5.41) is 8.65. The van der Waals surface area contributed by atoms with Crippen LogP contribution in [0.25, 0.3) is 0 Å². The Kier molecular flexibility index (Phi) is 12.4. The van der Waals surface area contributed by atoms with E-state index in [9.17, 15) is 4.79 Å². The van der Waals surface area contributed by atoms with Crippen molar-refractivity contribution in [3.63, 3.8) is 0 Å². The van der Waals surface area contributed by atoms with Gasteiger partial charge in [-0.1, -0.05) is 45.6 Å². The molecule has 0 aromatic rings. The molecule has 2 nitrogen and oxygen atoms in total. The van der Waals surface area contributed by atoms with Crippen LogP contribution in [0.3, 0.4) is 0 Å². The van der Waals surface area contributed by atoms with Crippen molar-refractivity contribution in [1.29, 1.82) is 0 Å². The van der Waals surface area contributed by atoms with Crippen molar-refractivity contribution in [3.05, 3.63) is 12.2 Å². The van der Waals surface area contributed by atoms with Crippen molar-refractivity contribution in [2.45, 2.75) is 77.6 Å². The quantitative estimate of drug-likeness (QED) is 0.326. The fraction of sp³-hybridized carbons (Fsp3) is 0.706. The lowest BCUT2D eigenvalue weighted by atomic mass is 10.1. The van der Waals surface area contributed by atoms with E-state index in [2.05, 4.69) is 25.3 Å². The highest BCUT2D eigenvalue weighted by Gasteiger charge is 2.02. The Labute approximate surface area is 118 Å². The van der Waals surface area contributed by atoms with E-state index < -0.39 is 5.97 Å².